The number of carbonyl (C=O) groups excluding carboxylic acids is 2. The van der Waals surface area contributed by atoms with E-state index in [0.29, 0.717) is 30.9 Å². The van der Waals surface area contributed by atoms with Crippen LogP contribution in [0.25, 0.3) is 0 Å². The number of rotatable bonds is 5. The van der Waals surface area contributed by atoms with E-state index in [1.807, 2.05) is 29.6 Å². The summed E-state index contributed by atoms with van der Waals surface area (Å²) in [6.45, 7) is 1.85. The third-order valence-corrected chi connectivity index (χ3v) is 8.37. The van der Waals surface area contributed by atoms with Crippen LogP contribution >= 0.6 is 11.3 Å². The van der Waals surface area contributed by atoms with Crippen molar-refractivity contribution < 1.29 is 18.0 Å². The van der Waals surface area contributed by atoms with Crippen LogP contribution in [0.1, 0.15) is 28.1 Å². The summed E-state index contributed by atoms with van der Waals surface area (Å²) < 4.78 is 26.9. The molecule has 2 fully saturated rings. The molecule has 1 atom stereocenters. The first kappa shape index (κ1) is 21.0. The zero-order chi connectivity index (χ0) is 21.1. The van der Waals surface area contributed by atoms with E-state index in [2.05, 4.69) is 0 Å². The molecular weight excluding hydrogens is 422 g/mol. The van der Waals surface area contributed by atoms with Gasteiger partial charge in [-0.1, -0.05) is 36.4 Å². The van der Waals surface area contributed by atoms with E-state index in [-0.39, 0.29) is 30.7 Å². The molecule has 0 spiro atoms. The van der Waals surface area contributed by atoms with Crippen LogP contribution in [-0.4, -0.2) is 73.1 Å². The summed E-state index contributed by atoms with van der Waals surface area (Å²) in [4.78, 5) is 29.9. The lowest BCUT2D eigenvalue weighted by molar-refractivity contribution is -0.136. The maximum atomic E-state index is 13.1. The number of benzene rings is 1. The molecule has 160 valence electrons. The van der Waals surface area contributed by atoms with E-state index in [4.69, 9.17) is 0 Å². The summed E-state index contributed by atoms with van der Waals surface area (Å²) >= 11 is 1.38. The quantitative estimate of drug-likeness (QED) is 0.703. The molecule has 0 aliphatic carbocycles. The van der Waals surface area contributed by atoms with E-state index in [9.17, 15) is 18.0 Å². The Morgan fingerprint density at radius 2 is 1.70 bits per heavy atom. The molecule has 0 bridgehead atoms. The number of hydrogen-bond donors (Lipinski definition) is 0. The van der Waals surface area contributed by atoms with Crippen molar-refractivity contribution in [2.45, 2.75) is 24.6 Å². The van der Waals surface area contributed by atoms with Crippen molar-refractivity contribution in [2.75, 3.05) is 32.7 Å². The molecule has 1 unspecified atom stereocenters. The molecule has 9 heteroatoms. The number of amides is 2. The molecule has 4 rings (SSSR count). The van der Waals surface area contributed by atoms with E-state index in [1.54, 1.807) is 28.0 Å². The first-order chi connectivity index (χ1) is 14.5. The van der Waals surface area contributed by atoms with Gasteiger partial charge in [0.05, 0.1) is 10.6 Å². The molecule has 1 aromatic carbocycles. The Hall–Kier alpha value is -2.23. The van der Waals surface area contributed by atoms with E-state index >= 15 is 0 Å². The van der Waals surface area contributed by atoms with Crippen LogP contribution in [0.15, 0.2) is 47.8 Å². The summed E-state index contributed by atoms with van der Waals surface area (Å²) in [7, 11) is -3.43. The fourth-order valence-electron chi connectivity index (χ4n) is 4.08. The summed E-state index contributed by atoms with van der Waals surface area (Å²) in [5, 5.41) is 1.86. The second-order valence-corrected chi connectivity index (χ2v) is 10.5. The molecule has 2 saturated heterocycles. The highest BCUT2D eigenvalue weighted by atomic mass is 32.2. The third-order valence-electron chi connectivity index (χ3n) is 5.67. The summed E-state index contributed by atoms with van der Waals surface area (Å²) in [5.74, 6) is -0.199. The van der Waals surface area contributed by atoms with Crippen LogP contribution in [-0.2, 0) is 20.6 Å². The fourth-order valence-corrected chi connectivity index (χ4v) is 6.28. The Labute approximate surface area is 180 Å². The van der Waals surface area contributed by atoms with Gasteiger partial charge in [0, 0.05) is 32.7 Å². The normalized spacial score (nSPS) is 20.5. The van der Waals surface area contributed by atoms with Gasteiger partial charge in [-0.05, 0) is 29.9 Å². The highest BCUT2D eigenvalue weighted by Gasteiger charge is 2.38. The summed E-state index contributed by atoms with van der Waals surface area (Å²) in [6.07, 6.45) is 1.46. The Morgan fingerprint density at radius 3 is 2.37 bits per heavy atom. The molecule has 0 saturated carbocycles. The molecule has 2 aliphatic rings. The lowest BCUT2D eigenvalue weighted by Crippen LogP contribution is -2.55. The molecule has 2 amide bonds. The highest BCUT2D eigenvalue weighted by Crippen LogP contribution is 2.24. The number of piperazine rings is 1. The van der Waals surface area contributed by atoms with E-state index in [0.717, 1.165) is 12.0 Å². The number of hydrogen-bond acceptors (Lipinski definition) is 5. The lowest BCUT2D eigenvalue weighted by Gasteiger charge is -2.36. The van der Waals surface area contributed by atoms with Crippen LogP contribution < -0.4 is 0 Å². The average Bonchev–Trinajstić information content (AvgIpc) is 3.45. The van der Waals surface area contributed by atoms with Crippen molar-refractivity contribution in [2.24, 2.45) is 0 Å². The molecule has 0 N–H and O–H groups in total. The third kappa shape index (κ3) is 4.43. The van der Waals surface area contributed by atoms with Gasteiger partial charge in [-0.25, -0.2) is 8.42 Å². The summed E-state index contributed by atoms with van der Waals surface area (Å²) in [6, 6.07) is 12.3. The molecule has 1 aromatic heterocycles. The number of thiophene rings is 1. The van der Waals surface area contributed by atoms with Crippen molar-refractivity contribution in [3.63, 3.8) is 0 Å². The van der Waals surface area contributed by atoms with Crippen LogP contribution in [0.5, 0.6) is 0 Å². The number of likely N-dealkylation sites (tertiary alicyclic amines) is 1. The zero-order valence-corrected chi connectivity index (χ0v) is 18.3. The maximum Gasteiger partial charge on any atom is 0.264 e. The minimum atomic E-state index is -3.43. The van der Waals surface area contributed by atoms with E-state index < -0.39 is 16.1 Å². The van der Waals surface area contributed by atoms with Crippen LogP contribution in [0, 0.1) is 0 Å². The molecular formula is C21H25N3O4S2. The van der Waals surface area contributed by atoms with Gasteiger partial charge in [-0.2, -0.15) is 4.31 Å². The molecule has 2 aliphatic heterocycles. The topological polar surface area (TPSA) is 78.0 Å². The molecule has 7 nitrogen and oxygen atoms in total. The Balaban J connectivity index is 1.36. The van der Waals surface area contributed by atoms with Crippen molar-refractivity contribution in [1.29, 1.82) is 0 Å². The molecule has 0 radical (unpaired) electrons. The van der Waals surface area contributed by atoms with Gasteiger partial charge in [0.2, 0.25) is 15.9 Å². The van der Waals surface area contributed by atoms with Gasteiger partial charge in [0.1, 0.15) is 6.04 Å². The zero-order valence-electron chi connectivity index (χ0n) is 16.6. The second kappa shape index (κ2) is 8.87. The van der Waals surface area contributed by atoms with Crippen molar-refractivity contribution >= 4 is 33.2 Å². The number of nitrogens with zero attached hydrogens (tertiary/aromatic N) is 3. The van der Waals surface area contributed by atoms with Gasteiger partial charge in [-0.15, -0.1) is 11.3 Å². The van der Waals surface area contributed by atoms with Gasteiger partial charge < -0.3 is 9.80 Å². The van der Waals surface area contributed by atoms with Gasteiger partial charge in [-0.3, -0.25) is 9.59 Å². The Morgan fingerprint density at radius 1 is 0.967 bits per heavy atom. The Bertz CT molecular complexity index is 985. The van der Waals surface area contributed by atoms with Crippen LogP contribution in [0.2, 0.25) is 0 Å². The molecule has 3 heterocycles. The summed E-state index contributed by atoms with van der Waals surface area (Å²) in [5.41, 5.74) is 0.754. The highest BCUT2D eigenvalue weighted by molar-refractivity contribution is 7.88. The van der Waals surface area contributed by atoms with Gasteiger partial charge in [0.25, 0.3) is 5.91 Å². The average molecular weight is 448 g/mol. The molecule has 30 heavy (non-hydrogen) atoms. The fraction of sp³-hybridized carbons (Fsp3) is 0.429. The van der Waals surface area contributed by atoms with Gasteiger partial charge >= 0.3 is 0 Å². The van der Waals surface area contributed by atoms with Crippen molar-refractivity contribution in [3.05, 3.63) is 58.3 Å². The minimum Gasteiger partial charge on any atom is -0.338 e. The predicted molar refractivity (Wildman–Crippen MR) is 116 cm³/mol. The standard InChI is InChI=1S/C21H25N3O4S2/c25-20(18-8-4-10-24(18)21(26)19-9-5-15-29-19)22-11-13-23(14-12-22)30(27,28)16-17-6-2-1-3-7-17/h1-3,5-7,9,15,18H,4,8,10-14,16H2. The second-order valence-electron chi connectivity index (χ2n) is 7.60. The minimum absolute atomic E-state index is 0.0342. The maximum absolute atomic E-state index is 13.1. The first-order valence-corrected chi connectivity index (χ1v) is 12.6. The largest absolute Gasteiger partial charge is 0.338 e. The van der Waals surface area contributed by atoms with Crippen LogP contribution in [0.4, 0.5) is 0 Å². The monoisotopic (exact) mass is 447 g/mol. The SMILES string of the molecule is O=C(C1CCCN1C(=O)c1cccs1)N1CCN(S(=O)(=O)Cc2ccccc2)CC1. The predicted octanol–water partition coefficient (Wildman–Crippen LogP) is 2.03. The first-order valence-electron chi connectivity index (χ1n) is 10.1. The smallest absolute Gasteiger partial charge is 0.264 e. The van der Waals surface area contributed by atoms with E-state index in [1.165, 1.54) is 15.6 Å². The van der Waals surface area contributed by atoms with Crippen LogP contribution in [0.3, 0.4) is 0 Å². The van der Waals surface area contributed by atoms with Crippen molar-refractivity contribution in [1.82, 2.24) is 14.1 Å². The van der Waals surface area contributed by atoms with Gasteiger partial charge in [0.15, 0.2) is 0 Å². The number of carbonyl (C=O) groups is 2. The lowest BCUT2D eigenvalue weighted by atomic mass is 10.1. The molecule has 2 aromatic rings. The van der Waals surface area contributed by atoms with Crippen molar-refractivity contribution in [3.8, 4) is 0 Å². The number of sulfonamides is 1. The Kier molecular flexibility index (Phi) is 6.21.